The third kappa shape index (κ3) is 2.31. The quantitative estimate of drug-likeness (QED) is 0.417. The van der Waals surface area contributed by atoms with Crippen molar-refractivity contribution in [3.8, 4) is 0 Å². The summed E-state index contributed by atoms with van der Waals surface area (Å²) >= 11 is 2.37. The highest BCUT2D eigenvalue weighted by atomic mass is 127. The van der Waals surface area contributed by atoms with Gasteiger partial charge in [-0.05, 0) is 24.6 Å². The standard InChI is InChI=1S/C16H14IN3O4/c17-8-6-19(7-8)9-1-2-10-11(5-9)16(24)20(15(10)23)12-3-4-13(21)18-14(12)22/h1-2,5,8,12H,3-4,6-7H2,(H,18,21,22). The summed E-state index contributed by atoms with van der Waals surface area (Å²) in [5.41, 5.74) is 1.56. The van der Waals surface area contributed by atoms with E-state index in [0.29, 0.717) is 15.1 Å². The summed E-state index contributed by atoms with van der Waals surface area (Å²) in [6.45, 7) is 1.83. The number of benzene rings is 1. The number of carbonyl (C=O) groups is 4. The van der Waals surface area contributed by atoms with Crippen molar-refractivity contribution in [2.24, 2.45) is 0 Å². The summed E-state index contributed by atoms with van der Waals surface area (Å²) in [6.07, 6.45) is 0.297. The molecule has 0 aromatic heterocycles. The lowest BCUT2D eigenvalue weighted by molar-refractivity contribution is -0.136. The van der Waals surface area contributed by atoms with E-state index in [-0.39, 0.29) is 18.7 Å². The number of piperidine rings is 1. The van der Waals surface area contributed by atoms with Crippen molar-refractivity contribution in [2.75, 3.05) is 18.0 Å². The molecular formula is C16H14IN3O4. The minimum absolute atomic E-state index is 0.125. The maximum Gasteiger partial charge on any atom is 0.262 e. The Hall–Kier alpha value is -1.97. The van der Waals surface area contributed by atoms with E-state index >= 15 is 0 Å². The van der Waals surface area contributed by atoms with Gasteiger partial charge >= 0.3 is 0 Å². The van der Waals surface area contributed by atoms with Gasteiger partial charge in [0, 0.05) is 29.1 Å². The molecule has 0 bridgehead atoms. The molecular weight excluding hydrogens is 425 g/mol. The van der Waals surface area contributed by atoms with Gasteiger partial charge in [-0.1, -0.05) is 22.6 Å². The SMILES string of the molecule is O=C1CCC(N2C(=O)c3ccc(N4CC(I)C4)cc3C2=O)C(=O)N1. The number of anilines is 1. The van der Waals surface area contributed by atoms with Crippen molar-refractivity contribution < 1.29 is 19.2 Å². The van der Waals surface area contributed by atoms with E-state index in [9.17, 15) is 19.2 Å². The zero-order valence-electron chi connectivity index (χ0n) is 12.6. The van der Waals surface area contributed by atoms with Crippen LogP contribution in [0.2, 0.25) is 0 Å². The Morgan fingerprint density at radius 1 is 1.04 bits per heavy atom. The molecule has 0 saturated carbocycles. The number of alkyl halides is 1. The molecule has 0 aliphatic carbocycles. The highest BCUT2D eigenvalue weighted by molar-refractivity contribution is 14.1. The van der Waals surface area contributed by atoms with Crippen LogP contribution in [0.4, 0.5) is 5.69 Å². The van der Waals surface area contributed by atoms with E-state index in [1.807, 2.05) is 6.07 Å². The van der Waals surface area contributed by atoms with Gasteiger partial charge in [-0.2, -0.15) is 0 Å². The minimum Gasteiger partial charge on any atom is -0.369 e. The molecule has 3 aliphatic heterocycles. The molecule has 0 radical (unpaired) electrons. The molecule has 2 saturated heterocycles. The molecule has 4 rings (SSSR count). The van der Waals surface area contributed by atoms with Crippen LogP contribution in [-0.4, -0.2) is 51.6 Å². The first kappa shape index (κ1) is 15.6. The maximum absolute atomic E-state index is 12.7. The molecule has 3 heterocycles. The van der Waals surface area contributed by atoms with Gasteiger partial charge in [0.1, 0.15) is 6.04 Å². The van der Waals surface area contributed by atoms with Gasteiger partial charge in [0.25, 0.3) is 11.8 Å². The van der Waals surface area contributed by atoms with Crippen LogP contribution < -0.4 is 10.2 Å². The third-order valence-electron chi connectivity index (χ3n) is 4.63. The van der Waals surface area contributed by atoms with E-state index in [0.717, 1.165) is 23.7 Å². The van der Waals surface area contributed by atoms with Gasteiger partial charge in [0.15, 0.2) is 0 Å². The lowest BCUT2D eigenvalue weighted by Crippen LogP contribution is -2.54. The molecule has 4 amide bonds. The predicted octanol–water partition coefficient (Wildman–Crippen LogP) is 0.711. The topological polar surface area (TPSA) is 86.8 Å². The van der Waals surface area contributed by atoms with Crippen molar-refractivity contribution in [3.05, 3.63) is 29.3 Å². The Balaban J connectivity index is 1.63. The monoisotopic (exact) mass is 439 g/mol. The average molecular weight is 439 g/mol. The number of amides is 4. The number of fused-ring (bicyclic) bond motifs is 1. The number of halogens is 1. The smallest absolute Gasteiger partial charge is 0.262 e. The minimum atomic E-state index is -0.915. The first-order chi connectivity index (χ1) is 11.5. The first-order valence-corrected chi connectivity index (χ1v) is 8.95. The van der Waals surface area contributed by atoms with Gasteiger partial charge in [-0.15, -0.1) is 0 Å². The zero-order chi connectivity index (χ0) is 17.0. The van der Waals surface area contributed by atoms with Gasteiger partial charge in [-0.25, -0.2) is 0 Å². The first-order valence-electron chi connectivity index (χ1n) is 7.70. The highest BCUT2D eigenvalue weighted by Crippen LogP contribution is 2.32. The summed E-state index contributed by atoms with van der Waals surface area (Å²) in [5.74, 6) is -1.89. The average Bonchev–Trinajstić information content (AvgIpc) is 2.76. The zero-order valence-corrected chi connectivity index (χ0v) is 14.8. The molecule has 3 aliphatic rings. The second-order valence-corrected chi connectivity index (χ2v) is 7.94. The van der Waals surface area contributed by atoms with Gasteiger partial charge in [0.2, 0.25) is 11.8 Å². The lowest BCUT2D eigenvalue weighted by Gasteiger charge is -2.38. The molecule has 1 unspecified atom stereocenters. The maximum atomic E-state index is 12.7. The summed E-state index contributed by atoms with van der Waals surface area (Å²) < 4.78 is 0.591. The van der Waals surface area contributed by atoms with E-state index in [4.69, 9.17) is 0 Å². The number of carbonyl (C=O) groups excluding carboxylic acids is 4. The van der Waals surface area contributed by atoms with E-state index in [1.54, 1.807) is 12.1 Å². The molecule has 1 aromatic carbocycles. The Morgan fingerprint density at radius 3 is 2.42 bits per heavy atom. The van der Waals surface area contributed by atoms with Gasteiger partial charge < -0.3 is 4.90 Å². The van der Waals surface area contributed by atoms with Crippen molar-refractivity contribution in [1.29, 1.82) is 0 Å². The van der Waals surface area contributed by atoms with Crippen LogP contribution in [0, 0.1) is 0 Å². The van der Waals surface area contributed by atoms with Crippen LogP contribution in [0.1, 0.15) is 33.6 Å². The number of hydrogen-bond donors (Lipinski definition) is 1. The largest absolute Gasteiger partial charge is 0.369 e. The number of nitrogens with zero attached hydrogens (tertiary/aromatic N) is 2. The van der Waals surface area contributed by atoms with Crippen LogP contribution in [0.25, 0.3) is 0 Å². The summed E-state index contributed by atoms with van der Waals surface area (Å²) in [7, 11) is 0. The number of hydrogen-bond acceptors (Lipinski definition) is 5. The van der Waals surface area contributed by atoms with Crippen LogP contribution >= 0.6 is 22.6 Å². The Labute approximate surface area is 151 Å². The fourth-order valence-electron chi connectivity index (χ4n) is 3.29. The van der Waals surface area contributed by atoms with Crippen LogP contribution in [-0.2, 0) is 9.59 Å². The molecule has 1 N–H and O–H groups in total. The van der Waals surface area contributed by atoms with Crippen LogP contribution in [0.15, 0.2) is 18.2 Å². The van der Waals surface area contributed by atoms with Crippen LogP contribution in [0.3, 0.4) is 0 Å². The molecule has 2 fully saturated rings. The predicted molar refractivity (Wildman–Crippen MR) is 93.1 cm³/mol. The Kier molecular flexibility index (Phi) is 3.59. The van der Waals surface area contributed by atoms with Gasteiger partial charge in [-0.3, -0.25) is 29.4 Å². The molecule has 24 heavy (non-hydrogen) atoms. The highest BCUT2D eigenvalue weighted by Gasteiger charge is 2.44. The molecule has 1 aromatic rings. The van der Waals surface area contributed by atoms with Crippen LogP contribution in [0.5, 0.6) is 0 Å². The van der Waals surface area contributed by atoms with Crippen molar-refractivity contribution in [1.82, 2.24) is 10.2 Å². The second-order valence-electron chi connectivity index (χ2n) is 6.18. The molecule has 1 atom stereocenters. The Morgan fingerprint density at radius 2 is 1.75 bits per heavy atom. The van der Waals surface area contributed by atoms with E-state index in [2.05, 4.69) is 32.8 Å². The van der Waals surface area contributed by atoms with Crippen molar-refractivity contribution in [2.45, 2.75) is 22.8 Å². The van der Waals surface area contributed by atoms with E-state index < -0.39 is 23.8 Å². The summed E-state index contributed by atoms with van der Waals surface area (Å²) in [6, 6.07) is 4.29. The number of rotatable bonds is 2. The summed E-state index contributed by atoms with van der Waals surface area (Å²) in [5, 5.41) is 2.19. The van der Waals surface area contributed by atoms with Crippen molar-refractivity contribution in [3.63, 3.8) is 0 Å². The second kappa shape index (κ2) is 5.54. The lowest BCUT2D eigenvalue weighted by atomic mass is 10.0. The molecule has 8 heteroatoms. The fraction of sp³-hybridized carbons (Fsp3) is 0.375. The third-order valence-corrected chi connectivity index (χ3v) is 5.41. The number of imide groups is 2. The number of nitrogens with one attached hydrogen (secondary N) is 1. The molecule has 0 spiro atoms. The Bertz CT molecular complexity index is 788. The molecule has 7 nitrogen and oxygen atoms in total. The van der Waals surface area contributed by atoms with E-state index in [1.165, 1.54) is 0 Å². The van der Waals surface area contributed by atoms with Crippen molar-refractivity contribution >= 4 is 51.9 Å². The van der Waals surface area contributed by atoms with Gasteiger partial charge in [0.05, 0.1) is 11.1 Å². The summed E-state index contributed by atoms with van der Waals surface area (Å²) in [4.78, 5) is 51.7. The molecule has 124 valence electrons. The normalized spacial score (nSPS) is 24.1. The fourth-order valence-corrected chi connectivity index (χ4v) is 4.24.